The second-order valence-corrected chi connectivity index (χ2v) is 4.68. The smallest absolute Gasteiger partial charge is 0.162 e. The summed E-state index contributed by atoms with van der Waals surface area (Å²) in [7, 11) is 0. The Labute approximate surface area is 112 Å². The molecule has 0 amide bonds. The van der Waals surface area contributed by atoms with Gasteiger partial charge in [0.25, 0.3) is 0 Å². The van der Waals surface area contributed by atoms with Crippen LogP contribution in [0, 0.1) is 5.92 Å². The van der Waals surface area contributed by atoms with Gasteiger partial charge in [-0.2, -0.15) is 0 Å². The highest BCUT2D eigenvalue weighted by molar-refractivity contribution is 5.60. The Hall–Kier alpha value is -2.14. The standard InChI is InChI=1S/C14H18N4O/c1-10(2)9-19-12-5-3-11(4-6-12)13-7-8-14(16-15)18-17-13/h3-8,10H,9,15H2,1-2H3,(H,16,18). The molecule has 2 rings (SSSR count). The van der Waals surface area contributed by atoms with Crippen LogP contribution < -0.4 is 16.0 Å². The third kappa shape index (κ3) is 3.66. The summed E-state index contributed by atoms with van der Waals surface area (Å²) in [4.78, 5) is 0. The summed E-state index contributed by atoms with van der Waals surface area (Å²) in [6.45, 7) is 4.96. The number of benzene rings is 1. The summed E-state index contributed by atoms with van der Waals surface area (Å²) in [5.74, 6) is 7.17. The van der Waals surface area contributed by atoms with Gasteiger partial charge in [0.15, 0.2) is 5.82 Å². The van der Waals surface area contributed by atoms with Crippen molar-refractivity contribution < 1.29 is 4.74 Å². The molecular weight excluding hydrogens is 240 g/mol. The molecule has 0 aliphatic heterocycles. The van der Waals surface area contributed by atoms with Crippen LogP contribution in [0.5, 0.6) is 5.75 Å². The first-order chi connectivity index (χ1) is 9.19. The van der Waals surface area contributed by atoms with Crippen molar-refractivity contribution in [3.8, 4) is 17.0 Å². The topological polar surface area (TPSA) is 73.1 Å². The van der Waals surface area contributed by atoms with Crippen molar-refractivity contribution in [1.82, 2.24) is 10.2 Å². The zero-order valence-electron chi connectivity index (χ0n) is 11.1. The van der Waals surface area contributed by atoms with Crippen molar-refractivity contribution in [2.75, 3.05) is 12.0 Å². The van der Waals surface area contributed by atoms with Gasteiger partial charge in [0.2, 0.25) is 0 Å². The first-order valence-corrected chi connectivity index (χ1v) is 6.22. The van der Waals surface area contributed by atoms with Crippen LogP contribution in [-0.4, -0.2) is 16.8 Å². The van der Waals surface area contributed by atoms with E-state index in [0.29, 0.717) is 11.7 Å². The largest absolute Gasteiger partial charge is 0.493 e. The van der Waals surface area contributed by atoms with Gasteiger partial charge in [-0.25, -0.2) is 5.84 Å². The highest BCUT2D eigenvalue weighted by Crippen LogP contribution is 2.21. The fourth-order valence-corrected chi connectivity index (χ4v) is 1.55. The molecule has 1 aromatic carbocycles. The number of nitrogen functional groups attached to an aromatic ring is 1. The average molecular weight is 258 g/mol. The predicted octanol–water partition coefficient (Wildman–Crippen LogP) is 2.46. The molecule has 2 aromatic rings. The zero-order chi connectivity index (χ0) is 13.7. The molecule has 1 heterocycles. The molecule has 0 radical (unpaired) electrons. The Morgan fingerprint density at radius 3 is 2.37 bits per heavy atom. The normalized spacial score (nSPS) is 10.5. The number of aromatic nitrogens is 2. The van der Waals surface area contributed by atoms with Gasteiger partial charge in [-0.1, -0.05) is 13.8 Å². The lowest BCUT2D eigenvalue weighted by molar-refractivity contribution is 0.271. The first kappa shape index (κ1) is 13.3. The SMILES string of the molecule is CC(C)COc1ccc(-c2ccc(NN)nn2)cc1. The van der Waals surface area contributed by atoms with Gasteiger partial charge in [0.1, 0.15) is 5.75 Å². The van der Waals surface area contributed by atoms with E-state index >= 15 is 0 Å². The van der Waals surface area contributed by atoms with Gasteiger partial charge >= 0.3 is 0 Å². The van der Waals surface area contributed by atoms with Gasteiger partial charge in [-0.05, 0) is 42.3 Å². The number of ether oxygens (including phenoxy) is 1. The van der Waals surface area contributed by atoms with Crippen LogP contribution in [0.1, 0.15) is 13.8 Å². The molecule has 0 atom stereocenters. The molecule has 0 saturated heterocycles. The van der Waals surface area contributed by atoms with E-state index in [9.17, 15) is 0 Å². The molecule has 3 N–H and O–H groups in total. The quantitative estimate of drug-likeness (QED) is 0.636. The number of nitrogens with one attached hydrogen (secondary N) is 1. The molecular formula is C14H18N4O. The minimum Gasteiger partial charge on any atom is -0.493 e. The second kappa shape index (κ2) is 6.15. The lowest BCUT2D eigenvalue weighted by Gasteiger charge is -2.09. The van der Waals surface area contributed by atoms with Gasteiger partial charge in [-0.3, -0.25) is 0 Å². The molecule has 100 valence electrons. The number of hydrogen-bond donors (Lipinski definition) is 2. The maximum absolute atomic E-state index is 5.63. The number of hydrogen-bond acceptors (Lipinski definition) is 5. The summed E-state index contributed by atoms with van der Waals surface area (Å²) >= 11 is 0. The average Bonchev–Trinajstić information content (AvgIpc) is 2.46. The summed E-state index contributed by atoms with van der Waals surface area (Å²) in [5.41, 5.74) is 4.24. The molecule has 0 fully saturated rings. The van der Waals surface area contributed by atoms with Crippen molar-refractivity contribution in [3.63, 3.8) is 0 Å². The molecule has 0 aliphatic rings. The number of anilines is 1. The molecule has 0 unspecified atom stereocenters. The minimum atomic E-state index is 0.516. The molecule has 0 saturated carbocycles. The van der Waals surface area contributed by atoms with Crippen molar-refractivity contribution >= 4 is 5.82 Å². The first-order valence-electron chi connectivity index (χ1n) is 6.22. The van der Waals surface area contributed by atoms with Crippen LogP contribution in [0.3, 0.4) is 0 Å². The molecule has 1 aromatic heterocycles. The molecule has 0 spiro atoms. The van der Waals surface area contributed by atoms with Crippen molar-refractivity contribution in [1.29, 1.82) is 0 Å². The van der Waals surface area contributed by atoms with Crippen LogP contribution in [0.15, 0.2) is 36.4 Å². The molecule has 19 heavy (non-hydrogen) atoms. The molecule has 0 bridgehead atoms. The summed E-state index contributed by atoms with van der Waals surface area (Å²) in [5, 5.41) is 8.03. The van der Waals surface area contributed by atoms with Crippen LogP contribution in [0.25, 0.3) is 11.3 Å². The monoisotopic (exact) mass is 258 g/mol. The Morgan fingerprint density at radius 2 is 1.84 bits per heavy atom. The van der Waals surface area contributed by atoms with E-state index in [2.05, 4.69) is 29.5 Å². The van der Waals surface area contributed by atoms with E-state index in [0.717, 1.165) is 23.6 Å². The van der Waals surface area contributed by atoms with E-state index in [4.69, 9.17) is 10.6 Å². The second-order valence-electron chi connectivity index (χ2n) is 4.68. The summed E-state index contributed by atoms with van der Waals surface area (Å²) in [6, 6.07) is 11.5. The lowest BCUT2D eigenvalue weighted by Crippen LogP contribution is -2.09. The third-order valence-corrected chi connectivity index (χ3v) is 2.55. The minimum absolute atomic E-state index is 0.516. The van der Waals surface area contributed by atoms with Crippen molar-refractivity contribution in [3.05, 3.63) is 36.4 Å². The number of nitrogens with zero attached hydrogens (tertiary/aromatic N) is 2. The lowest BCUT2D eigenvalue weighted by atomic mass is 10.1. The van der Waals surface area contributed by atoms with E-state index < -0.39 is 0 Å². The van der Waals surface area contributed by atoms with Gasteiger partial charge < -0.3 is 10.2 Å². The van der Waals surface area contributed by atoms with Crippen LogP contribution in [0.4, 0.5) is 5.82 Å². The Kier molecular flexibility index (Phi) is 4.30. The number of rotatable bonds is 5. The Bertz CT molecular complexity index is 508. The molecule has 5 nitrogen and oxygen atoms in total. The van der Waals surface area contributed by atoms with E-state index in [1.807, 2.05) is 30.3 Å². The van der Waals surface area contributed by atoms with E-state index in [-0.39, 0.29) is 0 Å². The fourth-order valence-electron chi connectivity index (χ4n) is 1.55. The van der Waals surface area contributed by atoms with Crippen molar-refractivity contribution in [2.45, 2.75) is 13.8 Å². The van der Waals surface area contributed by atoms with Gasteiger partial charge in [0, 0.05) is 5.56 Å². The Morgan fingerprint density at radius 1 is 1.11 bits per heavy atom. The highest BCUT2D eigenvalue weighted by Gasteiger charge is 2.02. The molecule has 5 heteroatoms. The Balaban J connectivity index is 2.08. The highest BCUT2D eigenvalue weighted by atomic mass is 16.5. The number of nitrogens with two attached hydrogens (primary N) is 1. The van der Waals surface area contributed by atoms with Gasteiger partial charge in [0.05, 0.1) is 12.3 Å². The van der Waals surface area contributed by atoms with Crippen molar-refractivity contribution in [2.24, 2.45) is 11.8 Å². The third-order valence-electron chi connectivity index (χ3n) is 2.55. The number of hydrazine groups is 1. The maximum atomic E-state index is 5.63. The van der Waals surface area contributed by atoms with E-state index in [1.54, 1.807) is 6.07 Å². The predicted molar refractivity (Wildman–Crippen MR) is 75.6 cm³/mol. The zero-order valence-corrected chi connectivity index (χ0v) is 11.1. The van der Waals surface area contributed by atoms with Gasteiger partial charge in [-0.15, -0.1) is 10.2 Å². The maximum Gasteiger partial charge on any atom is 0.162 e. The van der Waals surface area contributed by atoms with Crippen LogP contribution in [-0.2, 0) is 0 Å². The van der Waals surface area contributed by atoms with Crippen LogP contribution in [0.2, 0.25) is 0 Å². The summed E-state index contributed by atoms with van der Waals surface area (Å²) < 4.78 is 5.63. The fraction of sp³-hybridized carbons (Fsp3) is 0.286. The van der Waals surface area contributed by atoms with Crippen LogP contribution >= 0.6 is 0 Å². The molecule has 0 aliphatic carbocycles. The van der Waals surface area contributed by atoms with E-state index in [1.165, 1.54) is 0 Å². The summed E-state index contributed by atoms with van der Waals surface area (Å²) in [6.07, 6.45) is 0.